The second-order valence-corrected chi connectivity index (χ2v) is 3.16. The molecule has 0 aromatic rings. The Labute approximate surface area is 98.0 Å². The number of carbonyl (C=O) groups is 4. The fraction of sp³-hybridized carbons (Fsp3) is 0.600. The second kappa shape index (κ2) is 7.37. The van der Waals surface area contributed by atoms with Gasteiger partial charge < -0.3 is 14.2 Å². The smallest absolute Gasteiger partial charge is 0.303 e. The lowest BCUT2D eigenvalue weighted by molar-refractivity contribution is -0.173. The Hall–Kier alpha value is -1.92. The highest BCUT2D eigenvalue weighted by atomic mass is 16.6. The molecule has 0 bridgehead atoms. The highest BCUT2D eigenvalue weighted by Gasteiger charge is 2.28. The fourth-order valence-corrected chi connectivity index (χ4v) is 0.992. The third-order valence-corrected chi connectivity index (χ3v) is 1.57. The van der Waals surface area contributed by atoms with E-state index in [-0.39, 0.29) is 6.61 Å². The molecule has 0 unspecified atom stereocenters. The number of hydrogen-bond acceptors (Lipinski definition) is 7. The van der Waals surface area contributed by atoms with Gasteiger partial charge in [0.05, 0.1) is 0 Å². The van der Waals surface area contributed by atoms with Crippen LogP contribution in [-0.4, -0.2) is 43.0 Å². The van der Waals surface area contributed by atoms with Crippen LogP contribution in [-0.2, 0) is 33.4 Å². The average Bonchev–Trinajstić information content (AvgIpc) is 2.20. The molecule has 0 N–H and O–H groups in total. The Morgan fingerprint density at radius 2 is 1.53 bits per heavy atom. The van der Waals surface area contributed by atoms with Crippen molar-refractivity contribution in [1.29, 1.82) is 0 Å². The van der Waals surface area contributed by atoms with Crippen molar-refractivity contribution in [3.63, 3.8) is 0 Å². The molecule has 17 heavy (non-hydrogen) atoms. The van der Waals surface area contributed by atoms with E-state index in [9.17, 15) is 19.2 Å². The number of ether oxygens (including phenoxy) is 3. The summed E-state index contributed by atoms with van der Waals surface area (Å²) >= 11 is 0. The molecule has 0 amide bonds. The van der Waals surface area contributed by atoms with Crippen molar-refractivity contribution < 1.29 is 33.4 Å². The predicted octanol–water partition coefficient (Wildman–Crippen LogP) is -0.388. The normalized spacial score (nSPS) is 13.1. The first-order chi connectivity index (χ1) is 7.86. The summed E-state index contributed by atoms with van der Waals surface area (Å²) in [6, 6.07) is 0. The molecule has 0 aliphatic carbocycles. The zero-order valence-corrected chi connectivity index (χ0v) is 9.80. The van der Waals surface area contributed by atoms with Crippen LogP contribution in [0.3, 0.4) is 0 Å². The van der Waals surface area contributed by atoms with E-state index in [0.29, 0.717) is 6.29 Å². The van der Waals surface area contributed by atoms with E-state index in [2.05, 4.69) is 9.47 Å². The molecule has 0 saturated heterocycles. The molecule has 0 aromatic heterocycles. The number of carbonyl (C=O) groups excluding carboxylic acids is 4. The summed E-state index contributed by atoms with van der Waals surface area (Å²) < 4.78 is 14.0. The number of hydrogen-bond donors (Lipinski definition) is 0. The van der Waals surface area contributed by atoms with E-state index in [0.717, 1.165) is 20.8 Å². The molecule has 2 atom stereocenters. The minimum absolute atomic E-state index is 0.304. The van der Waals surface area contributed by atoms with Gasteiger partial charge in [-0.2, -0.15) is 0 Å². The molecule has 0 aromatic carbocycles. The van der Waals surface area contributed by atoms with Crippen LogP contribution < -0.4 is 0 Å². The molecule has 0 aliphatic heterocycles. The lowest BCUT2D eigenvalue weighted by Crippen LogP contribution is -2.39. The van der Waals surface area contributed by atoms with Crippen molar-refractivity contribution in [3.05, 3.63) is 0 Å². The van der Waals surface area contributed by atoms with E-state index in [4.69, 9.17) is 4.74 Å². The van der Waals surface area contributed by atoms with Gasteiger partial charge in [-0.15, -0.1) is 0 Å². The molecular weight excluding hydrogens is 232 g/mol. The van der Waals surface area contributed by atoms with Crippen LogP contribution >= 0.6 is 0 Å². The van der Waals surface area contributed by atoms with E-state index in [1.165, 1.54) is 0 Å². The predicted molar refractivity (Wildman–Crippen MR) is 53.8 cm³/mol. The monoisotopic (exact) mass is 246 g/mol. The first kappa shape index (κ1) is 15.1. The highest BCUT2D eigenvalue weighted by Crippen LogP contribution is 2.05. The third kappa shape index (κ3) is 7.04. The lowest BCUT2D eigenvalue weighted by atomic mass is 10.2. The summed E-state index contributed by atoms with van der Waals surface area (Å²) in [7, 11) is 0. The molecule has 0 aliphatic rings. The van der Waals surface area contributed by atoms with E-state index < -0.39 is 30.1 Å². The van der Waals surface area contributed by atoms with Crippen LogP contribution in [0.2, 0.25) is 0 Å². The summed E-state index contributed by atoms with van der Waals surface area (Å²) in [5, 5.41) is 0. The van der Waals surface area contributed by atoms with Gasteiger partial charge in [0.25, 0.3) is 0 Å². The average molecular weight is 246 g/mol. The van der Waals surface area contributed by atoms with Crippen LogP contribution in [0, 0.1) is 0 Å². The topological polar surface area (TPSA) is 96.0 Å². The van der Waals surface area contributed by atoms with E-state index >= 15 is 0 Å². The highest BCUT2D eigenvalue weighted by molar-refractivity contribution is 5.71. The molecule has 0 saturated carbocycles. The first-order valence-corrected chi connectivity index (χ1v) is 4.80. The summed E-state index contributed by atoms with van der Waals surface area (Å²) in [4.78, 5) is 42.8. The molecule has 96 valence electrons. The molecule has 0 rings (SSSR count). The van der Waals surface area contributed by atoms with Crippen LogP contribution in [0.4, 0.5) is 0 Å². The molecule has 0 spiro atoms. The molecule has 7 nitrogen and oxygen atoms in total. The second-order valence-electron chi connectivity index (χ2n) is 3.16. The molecular formula is C10H14O7. The quantitative estimate of drug-likeness (QED) is 0.358. The van der Waals surface area contributed by atoms with Crippen molar-refractivity contribution in [3.8, 4) is 0 Å². The van der Waals surface area contributed by atoms with Gasteiger partial charge in [0.1, 0.15) is 6.61 Å². The van der Waals surface area contributed by atoms with Crippen molar-refractivity contribution in [1.82, 2.24) is 0 Å². The van der Waals surface area contributed by atoms with Gasteiger partial charge in [-0.3, -0.25) is 19.2 Å². The number of rotatable bonds is 6. The van der Waals surface area contributed by atoms with Gasteiger partial charge in [-0.1, -0.05) is 0 Å². The largest absolute Gasteiger partial charge is 0.462 e. The van der Waals surface area contributed by atoms with Crippen LogP contribution in [0.1, 0.15) is 20.8 Å². The standard InChI is InChI=1S/C10H14O7/c1-6(12)15-5-10(17-8(3)14)9(4-11)16-7(2)13/h4,9-10H,5H2,1-3H3/t9-,10-/m1/s1. The summed E-state index contributed by atoms with van der Waals surface area (Å²) in [6.45, 7) is 3.03. The maximum Gasteiger partial charge on any atom is 0.303 e. The Morgan fingerprint density at radius 1 is 1.00 bits per heavy atom. The number of esters is 3. The van der Waals surface area contributed by atoms with Gasteiger partial charge in [0.2, 0.25) is 0 Å². The molecule has 0 heterocycles. The van der Waals surface area contributed by atoms with Gasteiger partial charge in [-0.05, 0) is 0 Å². The van der Waals surface area contributed by atoms with Crippen molar-refractivity contribution in [2.75, 3.05) is 6.61 Å². The summed E-state index contributed by atoms with van der Waals surface area (Å²) in [6.07, 6.45) is -2.13. The fourth-order valence-electron chi connectivity index (χ4n) is 0.992. The Balaban J connectivity index is 4.60. The molecule has 0 radical (unpaired) electrons. The van der Waals surface area contributed by atoms with Gasteiger partial charge >= 0.3 is 17.9 Å². The van der Waals surface area contributed by atoms with E-state index in [1.54, 1.807) is 0 Å². The van der Waals surface area contributed by atoms with Crippen molar-refractivity contribution in [2.45, 2.75) is 33.0 Å². The van der Waals surface area contributed by atoms with Gasteiger partial charge in [0, 0.05) is 20.8 Å². The van der Waals surface area contributed by atoms with Crippen LogP contribution in [0.25, 0.3) is 0 Å². The summed E-state index contributed by atoms with van der Waals surface area (Å²) in [5.74, 6) is -1.99. The molecule has 7 heteroatoms. The zero-order valence-electron chi connectivity index (χ0n) is 9.80. The maximum absolute atomic E-state index is 10.8. The number of aldehydes is 1. The summed E-state index contributed by atoms with van der Waals surface area (Å²) in [5.41, 5.74) is 0. The Morgan fingerprint density at radius 3 is 1.88 bits per heavy atom. The lowest BCUT2D eigenvalue weighted by Gasteiger charge is -2.21. The maximum atomic E-state index is 10.8. The Bertz CT molecular complexity index is 310. The van der Waals surface area contributed by atoms with E-state index in [1.807, 2.05) is 0 Å². The van der Waals surface area contributed by atoms with Crippen LogP contribution in [0.5, 0.6) is 0 Å². The minimum Gasteiger partial charge on any atom is -0.462 e. The Kier molecular flexibility index (Phi) is 6.54. The van der Waals surface area contributed by atoms with Gasteiger partial charge in [0.15, 0.2) is 18.5 Å². The first-order valence-electron chi connectivity index (χ1n) is 4.80. The minimum atomic E-state index is -1.30. The SMILES string of the molecule is CC(=O)OC[C@@H](OC(C)=O)[C@@H](C=O)OC(C)=O. The zero-order chi connectivity index (χ0) is 13.4. The van der Waals surface area contributed by atoms with Crippen molar-refractivity contribution >= 4 is 24.2 Å². The van der Waals surface area contributed by atoms with Gasteiger partial charge in [-0.25, -0.2) is 0 Å². The third-order valence-electron chi connectivity index (χ3n) is 1.57. The van der Waals surface area contributed by atoms with Crippen LogP contribution in [0.15, 0.2) is 0 Å². The van der Waals surface area contributed by atoms with Crippen molar-refractivity contribution in [2.24, 2.45) is 0 Å². The molecule has 0 fully saturated rings.